The van der Waals surface area contributed by atoms with Gasteiger partial charge < -0.3 is 5.11 Å². The van der Waals surface area contributed by atoms with E-state index >= 15 is 0 Å². The van der Waals surface area contributed by atoms with Crippen LogP contribution in [0.3, 0.4) is 0 Å². The highest BCUT2D eigenvalue weighted by Crippen LogP contribution is 2.12. The summed E-state index contributed by atoms with van der Waals surface area (Å²) in [5, 5.41) is 8.38. The zero-order chi connectivity index (χ0) is 17.9. The Morgan fingerprint density at radius 3 is 1.25 bits per heavy atom. The molecule has 0 aliphatic carbocycles. The number of unbranched alkanes of at least 4 members (excludes halogenated alkanes) is 12. The van der Waals surface area contributed by atoms with Crippen molar-refractivity contribution in [2.75, 3.05) is 0 Å². The Kier molecular flexibility index (Phi) is 17.1. The van der Waals surface area contributed by atoms with E-state index in [0.717, 1.165) is 0 Å². The lowest BCUT2D eigenvalue weighted by Gasteiger charge is -2.01. The van der Waals surface area contributed by atoms with Crippen molar-refractivity contribution >= 4 is 5.97 Å². The lowest BCUT2D eigenvalue weighted by Crippen LogP contribution is -1.93. The van der Waals surface area contributed by atoms with Crippen LogP contribution in [0.15, 0.2) is 30.3 Å². The maximum absolute atomic E-state index is 10.2. The molecule has 0 aliphatic heterocycles. The fourth-order valence-electron chi connectivity index (χ4n) is 2.67. The Hall–Kier alpha value is -1.31. The molecular weight excluding hydrogens is 296 g/mol. The van der Waals surface area contributed by atoms with E-state index in [2.05, 4.69) is 13.8 Å². The number of benzene rings is 1. The lowest BCUT2D eigenvalue weighted by molar-refractivity contribution is 0.0697. The Balaban J connectivity index is 0.000000496. The number of carboxylic acid groups (broad SMARTS) is 1. The average Bonchev–Trinajstić information content (AvgIpc) is 2.61. The molecule has 0 bridgehead atoms. The summed E-state index contributed by atoms with van der Waals surface area (Å²) in [5.41, 5.74) is 0.331. The summed E-state index contributed by atoms with van der Waals surface area (Å²) in [6.07, 6.45) is 18.9. The third-order valence-electron chi connectivity index (χ3n) is 4.23. The van der Waals surface area contributed by atoms with Gasteiger partial charge in [0, 0.05) is 0 Å². The van der Waals surface area contributed by atoms with Gasteiger partial charge in [-0.2, -0.15) is 0 Å². The first-order valence-electron chi connectivity index (χ1n) is 10.0. The summed E-state index contributed by atoms with van der Waals surface area (Å²) < 4.78 is 0. The SMILES string of the molecule is CCCCCCCCCCCCCCC.O=C(O)c1ccccc1. The predicted octanol–water partition coefficient (Wildman–Crippen LogP) is 7.48. The van der Waals surface area contributed by atoms with E-state index in [0.29, 0.717) is 5.56 Å². The zero-order valence-corrected chi connectivity index (χ0v) is 15.9. The van der Waals surface area contributed by atoms with Gasteiger partial charge in [-0.3, -0.25) is 0 Å². The van der Waals surface area contributed by atoms with Crippen molar-refractivity contribution in [1.82, 2.24) is 0 Å². The highest BCUT2D eigenvalue weighted by Gasteiger charge is 1.96. The summed E-state index contributed by atoms with van der Waals surface area (Å²) in [6, 6.07) is 8.30. The number of aromatic carboxylic acids is 1. The molecule has 1 rings (SSSR count). The zero-order valence-electron chi connectivity index (χ0n) is 15.9. The van der Waals surface area contributed by atoms with Crippen molar-refractivity contribution in [3.8, 4) is 0 Å². The molecule has 24 heavy (non-hydrogen) atoms. The molecule has 0 saturated carbocycles. The molecule has 0 saturated heterocycles. The molecule has 1 aromatic rings. The molecule has 0 spiro atoms. The van der Waals surface area contributed by atoms with Crippen LogP contribution < -0.4 is 0 Å². The number of carboxylic acids is 1. The topological polar surface area (TPSA) is 37.3 Å². The molecule has 1 N–H and O–H groups in total. The van der Waals surface area contributed by atoms with Crippen LogP contribution in [-0.4, -0.2) is 11.1 Å². The summed E-state index contributed by atoms with van der Waals surface area (Å²) in [7, 11) is 0. The standard InChI is InChI=1S/C15H32.C7H6O2/c1-3-5-7-9-11-13-15-14-12-10-8-6-4-2;8-7(9)6-4-2-1-3-5-6/h3-15H2,1-2H3;1-5H,(H,8,9). The Bertz CT molecular complexity index is 361. The largest absolute Gasteiger partial charge is 0.478 e. The van der Waals surface area contributed by atoms with Gasteiger partial charge >= 0.3 is 5.97 Å². The second kappa shape index (κ2) is 18.0. The van der Waals surface area contributed by atoms with Gasteiger partial charge in [-0.25, -0.2) is 4.79 Å². The normalized spacial score (nSPS) is 10.1. The molecule has 0 amide bonds. The Labute approximate surface area is 149 Å². The van der Waals surface area contributed by atoms with E-state index in [-0.39, 0.29) is 0 Å². The van der Waals surface area contributed by atoms with Gasteiger partial charge in [0.1, 0.15) is 0 Å². The summed E-state index contributed by atoms with van der Waals surface area (Å²) >= 11 is 0. The Morgan fingerprint density at radius 2 is 1.00 bits per heavy atom. The molecular formula is C22H38O2. The van der Waals surface area contributed by atoms with Gasteiger partial charge in [0.2, 0.25) is 0 Å². The van der Waals surface area contributed by atoms with Gasteiger partial charge in [-0.05, 0) is 12.1 Å². The van der Waals surface area contributed by atoms with Crippen LogP contribution in [-0.2, 0) is 0 Å². The second-order valence-electron chi connectivity index (χ2n) is 6.56. The van der Waals surface area contributed by atoms with Crippen molar-refractivity contribution in [2.45, 2.75) is 97.3 Å². The summed E-state index contributed by atoms with van der Waals surface area (Å²) in [6.45, 7) is 4.58. The first-order chi connectivity index (χ1) is 11.7. The van der Waals surface area contributed by atoms with E-state index < -0.39 is 5.97 Å². The second-order valence-corrected chi connectivity index (χ2v) is 6.56. The molecule has 138 valence electrons. The van der Waals surface area contributed by atoms with Gasteiger partial charge in [-0.1, -0.05) is 116 Å². The summed E-state index contributed by atoms with van der Waals surface area (Å²) in [4.78, 5) is 10.2. The van der Waals surface area contributed by atoms with E-state index in [4.69, 9.17) is 5.11 Å². The maximum atomic E-state index is 10.2. The highest BCUT2D eigenvalue weighted by molar-refractivity contribution is 5.87. The highest BCUT2D eigenvalue weighted by atomic mass is 16.4. The molecule has 0 heterocycles. The fourth-order valence-corrected chi connectivity index (χ4v) is 2.67. The van der Waals surface area contributed by atoms with E-state index in [1.54, 1.807) is 30.3 Å². The van der Waals surface area contributed by atoms with Gasteiger partial charge in [0.15, 0.2) is 0 Å². The van der Waals surface area contributed by atoms with E-state index in [9.17, 15) is 4.79 Å². The van der Waals surface area contributed by atoms with E-state index in [1.165, 1.54) is 83.5 Å². The lowest BCUT2D eigenvalue weighted by atomic mass is 10.1. The fraction of sp³-hybridized carbons (Fsp3) is 0.682. The predicted molar refractivity (Wildman–Crippen MR) is 105 cm³/mol. The molecule has 2 heteroatoms. The minimum Gasteiger partial charge on any atom is -0.478 e. The third kappa shape index (κ3) is 15.6. The van der Waals surface area contributed by atoms with Crippen LogP contribution in [0.2, 0.25) is 0 Å². The minimum absolute atomic E-state index is 0.331. The van der Waals surface area contributed by atoms with Crippen molar-refractivity contribution in [3.05, 3.63) is 35.9 Å². The number of hydrogen-bond acceptors (Lipinski definition) is 1. The van der Waals surface area contributed by atoms with Crippen LogP contribution in [0.25, 0.3) is 0 Å². The van der Waals surface area contributed by atoms with Crippen molar-refractivity contribution in [2.24, 2.45) is 0 Å². The molecule has 2 nitrogen and oxygen atoms in total. The molecule has 0 fully saturated rings. The van der Waals surface area contributed by atoms with Gasteiger partial charge in [0.25, 0.3) is 0 Å². The average molecular weight is 335 g/mol. The Morgan fingerprint density at radius 1 is 0.667 bits per heavy atom. The van der Waals surface area contributed by atoms with Crippen LogP contribution >= 0.6 is 0 Å². The van der Waals surface area contributed by atoms with Crippen LogP contribution in [0, 0.1) is 0 Å². The van der Waals surface area contributed by atoms with Crippen LogP contribution in [0.5, 0.6) is 0 Å². The van der Waals surface area contributed by atoms with Crippen molar-refractivity contribution in [3.63, 3.8) is 0 Å². The third-order valence-corrected chi connectivity index (χ3v) is 4.23. The first kappa shape index (κ1) is 22.7. The molecule has 0 aliphatic rings. The van der Waals surface area contributed by atoms with E-state index in [1.807, 2.05) is 0 Å². The first-order valence-corrected chi connectivity index (χ1v) is 10.0. The number of hydrogen-bond donors (Lipinski definition) is 1. The monoisotopic (exact) mass is 334 g/mol. The van der Waals surface area contributed by atoms with Crippen LogP contribution in [0.1, 0.15) is 108 Å². The van der Waals surface area contributed by atoms with Crippen molar-refractivity contribution < 1.29 is 9.90 Å². The molecule has 0 radical (unpaired) electrons. The smallest absolute Gasteiger partial charge is 0.335 e. The minimum atomic E-state index is -0.879. The van der Waals surface area contributed by atoms with Gasteiger partial charge in [0.05, 0.1) is 5.56 Å². The quantitative estimate of drug-likeness (QED) is 0.379. The summed E-state index contributed by atoms with van der Waals surface area (Å²) in [5.74, 6) is -0.879. The van der Waals surface area contributed by atoms with Crippen molar-refractivity contribution in [1.29, 1.82) is 0 Å². The maximum Gasteiger partial charge on any atom is 0.335 e. The van der Waals surface area contributed by atoms with Gasteiger partial charge in [-0.15, -0.1) is 0 Å². The number of rotatable bonds is 13. The molecule has 0 atom stereocenters. The molecule has 0 unspecified atom stereocenters. The molecule has 1 aromatic carbocycles. The number of carbonyl (C=O) groups is 1. The van der Waals surface area contributed by atoms with Crippen LogP contribution in [0.4, 0.5) is 0 Å². The molecule has 0 aromatic heterocycles.